The monoisotopic (exact) mass is 234 g/mol. The molecule has 0 aliphatic rings. The van der Waals surface area contributed by atoms with Gasteiger partial charge in [0, 0.05) is 13.1 Å². The van der Waals surface area contributed by atoms with Gasteiger partial charge in [-0.2, -0.15) is 0 Å². The first-order chi connectivity index (χ1) is 8.20. The average molecular weight is 234 g/mol. The van der Waals surface area contributed by atoms with E-state index in [1.807, 2.05) is 42.2 Å². The molecule has 0 aliphatic heterocycles. The number of benzene rings is 1. The highest BCUT2D eigenvalue weighted by Gasteiger charge is 2.20. The van der Waals surface area contributed by atoms with Crippen molar-refractivity contribution in [1.82, 2.24) is 4.90 Å². The Morgan fingerprint density at radius 1 is 1.29 bits per heavy atom. The third-order valence-electron chi connectivity index (χ3n) is 2.90. The lowest BCUT2D eigenvalue weighted by atomic mass is 10.1. The number of amides is 1. The number of nitrogens with two attached hydrogens (primary N) is 1. The molecule has 3 heteroatoms. The molecule has 1 aromatic rings. The Balaban J connectivity index is 2.67. The summed E-state index contributed by atoms with van der Waals surface area (Å²) in [6.07, 6.45) is 2.12. The van der Waals surface area contributed by atoms with E-state index < -0.39 is 6.04 Å². The zero-order chi connectivity index (χ0) is 12.7. The molecular weight excluding hydrogens is 212 g/mol. The minimum atomic E-state index is -0.534. The Morgan fingerprint density at radius 3 is 2.47 bits per heavy atom. The van der Waals surface area contributed by atoms with E-state index in [9.17, 15) is 4.79 Å². The zero-order valence-electron chi connectivity index (χ0n) is 10.7. The molecule has 2 N–H and O–H groups in total. The van der Waals surface area contributed by atoms with E-state index in [0.717, 1.165) is 31.5 Å². The topological polar surface area (TPSA) is 46.3 Å². The second-order valence-electron chi connectivity index (χ2n) is 4.16. The lowest BCUT2D eigenvalue weighted by molar-refractivity contribution is -0.132. The Morgan fingerprint density at radius 2 is 1.94 bits per heavy atom. The third kappa shape index (κ3) is 3.86. The SMILES string of the molecule is CCCCN(CC)C(=O)C(N)c1ccccc1. The van der Waals surface area contributed by atoms with Gasteiger partial charge in [0.25, 0.3) is 0 Å². The highest BCUT2D eigenvalue weighted by atomic mass is 16.2. The number of likely N-dealkylation sites (N-methyl/N-ethyl adjacent to an activating group) is 1. The summed E-state index contributed by atoms with van der Waals surface area (Å²) in [5.74, 6) is 0.0205. The molecule has 0 spiro atoms. The van der Waals surface area contributed by atoms with E-state index >= 15 is 0 Å². The van der Waals surface area contributed by atoms with Gasteiger partial charge in [-0.25, -0.2) is 0 Å². The van der Waals surface area contributed by atoms with Crippen molar-refractivity contribution in [3.05, 3.63) is 35.9 Å². The number of rotatable bonds is 6. The van der Waals surface area contributed by atoms with E-state index in [1.54, 1.807) is 0 Å². The number of carbonyl (C=O) groups excluding carboxylic acids is 1. The van der Waals surface area contributed by atoms with Gasteiger partial charge in [-0.3, -0.25) is 4.79 Å². The standard InChI is InChI=1S/C14H22N2O/c1-3-5-11-16(4-2)14(17)13(15)12-9-7-6-8-10-12/h6-10,13H,3-5,11,15H2,1-2H3. The van der Waals surface area contributed by atoms with E-state index in [-0.39, 0.29) is 5.91 Å². The number of carbonyl (C=O) groups is 1. The summed E-state index contributed by atoms with van der Waals surface area (Å²) in [6, 6.07) is 9.00. The van der Waals surface area contributed by atoms with Crippen molar-refractivity contribution in [1.29, 1.82) is 0 Å². The van der Waals surface area contributed by atoms with Gasteiger partial charge >= 0.3 is 0 Å². The molecule has 3 nitrogen and oxygen atoms in total. The van der Waals surface area contributed by atoms with Crippen LogP contribution in [0.1, 0.15) is 38.3 Å². The van der Waals surface area contributed by atoms with E-state index in [0.29, 0.717) is 0 Å². The Bertz CT molecular complexity index is 337. The summed E-state index contributed by atoms with van der Waals surface area (Å²) in [4.78, 5) is 14.0. The lowest BCUT2D eigenvalue weighted by Crippen LogP contribution is -2.39. The predicted molar refractivity (Wildman–Crippen MR) is 70.5 cm³/mol. The van der Waals surface area contributed by atoms with Crippen molar-refractivity contribution in [3.8, 4) is 0 Å². The van der Waals surface area contributed by atoms with Gasteiger partial charge in [-0.05, 0) is 18.9 Å². The highest BCUT2D eigenvalue weighted by Crippen LogP contribution is 2.13. The van der Waals surface area contributed by atoms with E-state index in [1.165, 1.54) is 0 Å². The Kier molecular flexibility index (Phi) is 5.70. The third-order valence-corrected chi connectivity index (χ3v) is 2.90. The Hall–Kier alpha value is -1.35. The molecule has 17 heavy (non-hydrogen) atoms. The molecule has 1 rings (SSSR count). The molecule has 0 radical (unpaired) electrons. The summed E-state index contributed by atoms with van der Waals surface area (Å²) in [5.41, 5.74) is 6.88. The van der Waals surface area contributed by atoms with Crippen LogP contribution in [0.2, 0.25) is 0 Å². The molecule has 0 saturated heterocycles. The molecule has 1 unspecified atom stereocenters. The maximum absolute atomic E-state index is 12.2. The van der Waals surface area contributed by atoms with Crippen LogP contribution in [-0.4, -0.2) is 23.9 Å². The number of hydrogen-bond donors (Lipinski definition) is 1. The van der Waals surface area contributed by atoms with Crippen molar-refractivity contribution in [3.63, 3.8) is 0 Å². The molecule has 1 amide bonds. The van der Waals surface area contributed by atoms with Crippen molar-refractivity contribution >= 4 is 5.91 Å². The molecular formula is C14H22N2O. The molecule has 1 atom stereocenters. The molecule has 0 fully saturated rings. The van der Waals surface area contributed by atoms with E-state index in [2.05, 4.69) is 6.92 Å². The minimum Gasteiger partial charge on any atom is -0.341 e. The van der Waals surface area contributed by atoms with Gasteiger partial charge in [-0.15, -0.1) is 0 Å². The lowest BCUT2D eigenvalue weighted by Gasteiger charge is -2.24. The first kappa shape index (κ1) is 13.7. The second kappa shape index (κ2) is 7.07. The predicted octanol–water partition coefficient (Wildman–Crippen LogP) is 2.34. The van der Waals surface area contributed by atoms with Crippen molar-refractivity contribution in [2.24, 2.45) is 5.73 Å². The van der Waals surface area contributed by atoms with Crippen LogP contribution in [0, 0.1) is 0 Å². The van der Waals surface area contributed by atoms with Crippen molar-refractivity contribution < 1.29 is 4.79 Å². The minimum absolute atomic E-state index is 0.0205. The van der Waals surface area contributed by atoms with Crippen LogP contribution in [-0.2, 0) is 4.79 Å². The Labute approximate surface area is 104 Å². The van der Waals surface area contributed by atoms with Crippen LogP contribution in [0.5, 0.6) is 0 Å². The van der Waals surface area contributed by atoms with Crippen molar-refractivity contribution in [2.75, 3.05) is 13.1 Å². The zero-order valence-corrected chi connectivity index (χ0v) is 10.7. The summed E-state index contributed by atoms with van der Waals surface area (Å²) >= 11 is 0. The maximum atomic E-state index is 12.2. The van der Waals surface area contributed by atoms with E-state index in [4.69, 9.17) is 5.73 Å². The van der Waals surface area contributed by atoms with Crippen LogP contribution in [0.15, 0.2) is 30.3 Å². The normalized spacial score (nSPS) is 12.2. The first-order valence-electron chi connectivity index (χ1n) is 6.30. The fraction of sp³-hybridized carbons (Fsp3) is 0.500. The van der Waals surface area contributed by atoms with Crippen LogP contribution in [0.4, 0.5) is 0 Å². The van der Waals surface area contributed by atoms with Gasteiger partial charge in [0.05, 0.1) is 0 Å². The van der Waals surface area contributed by atoms with Crippen LogP contribution >= 0.6 is 0 Å². The molecule has 0 aromatic heterocycles. The quantitative estimate of drug-likeness (QED) is 0.821. The second-order valence-corrected chi connectivity index (χ2v) is 4.16. The largest absolute Gasteiger partial charge is 0.341 e. The van der Waals surface area contributed by atoms with Crippen molar-refractivity contribution in [2.45, 2.75) is 32.7 Å². The smallest absolute Gasteiger partial charge is 0.244 e. The number of nitrogens with zero attached hydrogens (tertiary/aromatic N) is 1. The number of hydrogen-bond acceptors (Lipinski definition) is 2. The van der Waals surface area contributed by atoms with Gasteiger partial charge in [-0.1, -0.05) is 43.7 Å². The van der Waals surface area contributed by atoms with Gasteiger partial charge < -0.3 is 10.6 Å². The summed E-state index contributed by atoms with van der Waals surface area (Å²) in [7, 11) is 0. The van der Waals surface area contributed by atoms with Gasteiger partial charge in [0.1, 0.15) is 6.04 Å². The van der Waals surface area contributed by atoms with Gasteiger partial charge in [0.2, 0.25) is 5.91 Å². The molecule has 0 heterocycles. The average Bonchev–Trinajstić information content (AvgIpc) is 2.39. The van der Waals surface area contributed by atoms with Crippen LogP contribution in [0.3, 0.4) is 0 Å². The summed E-state index contributed by atoms with van der Waals surface area (Å²) < 4.78 is 0. The maximum Gasteiger partial charge on any atom is 0.244 e. The fourth-order valence-electron chi connectivity index (χ4n) is 1.77. The molecule has 0 saturated carbocycles. The first-order valence-corrected chi connectivity index (χ1v) is 6.30. The molecule has 94 valence electrons. The van der Waals surface area contributed by atoms with Crippen LogP contribution < -0.4 is 5.73 Å². The number of unbranched alkanes of at least 4 members (excludes halogenated alkanes) is 1. The molecule has 0 aliphatic carbocycles. The van der Waals surface area contributed by atoms with Gasteiger partial charge in [0.15, 0.2) is 0 Å². The highest BCUT2D eigenvalue weighted by molar-refractivity contribution is 5.83. The molecule has 0 bridgehead atoms. The van der Waals surface area contributed by atoms with Crippen LogP contribution in [0.25, 0.3) is 0 Å². The molecule has 1 aromatic carbocycles. The fourth-order valence-corrected chi connectivity index (χ4v) is 1.77. The summed E-state index contributed by atoms with van der Waals surface area (Å²) in [6.45, 7) is 5.63. The summed E-state index contributed by atoms with van der Waals surface area (Å²) in [5, 5.41) is 0.